The number of anilines is 1. The van der Waals surface area contributed by atoms with Crippen LogP contribution in [-0.4, -0.2) is 24.3 Å². The van der Waals surface area contributed by atoms with E-state index in [9.17, 15) is 14.4 Å². The maximum Gasteiger partial charge on any atom is 0.318 e. The Morgan fingerprint density at radius 1 is 1.00 bits per heavy atom. The number of esters is 1. The van der Waals surface area contributed by atoms with Crippen LogP contribution in [0.3, 0.4) is 0 Å². The van der Waals surface area contributed by atoms with Gasteiger partial charge < -0.3 is 10.1 Å². The number of benzene rings is 2. The summed E-state index contributed by atoms with van der Waals surface area (Å²) in [7, 11) is 0. The minimum atomic E-state index is -0.935. The van der Waals surface area contributed by atoms with E-state index in [1.165, 1.54) is 6.92 Å². The van der Waals surface area contributed by atoms with Crippen LogP contribution in [0.15, 0.2) is 54.6 Å². The summed E-state index contributed by atoms with van der Waals surface area (Å²) in [5, 5.41) is 2.72. The monoisotopic (exact) mass is 339 g/mol. The van der Waals surface area contributed by atoms with E-state index in [2.05, 4.69) is 5.32 Å². The first-order valence-corrected chi connectivity index (χ1v) is 8.13. The van der Waals surface area contributed by atoms with Crippen molar-refractivity contribution in [2.75, 3.05) is 11.9 Å². The molecule has 2 rings (SSSR count). The molecule has 0 fully saturated rings. The van der Waals surface area contributed by atoms with Gasteiger partial charge in [0, 0.05) is 11.3 Å². The molecule has 1 atom stereocenters. The maximum atomic E-state index is 12.6. The largest absolute Gasteiger partial charge is 0.465 e. The van der Waals surface area contributed by atoms with Crippen LogP contribution in [0.2, 0.25) is 0 Å². The lowest BCUT2D eigenvalue weighted by Gasteiger charge is -2.16. The van der Waals surface area contributed by atoms with Crippen molar-refractivity contribution in [2.45, 2.75) is 20.3 Å². The van der Waals surface area contributed by atoms with Gasteiger partial charge >= 0.3 is 5.97 Å². The number of ether oxygens (including phenoxy) is 1. The fourth-order valence-corrected chi connectivity index (χ4v) is 2.39. The normalized spacial score (nSPS) is 11.4. The van der Waals surface area contributed by atoms with Crippen LogP contribution in [0, 0.1) is 5.92 Å². The van der Waals surface area contributed by atoms with E-state index in [1.54, 1.807) is 31.2 Å². The number of nitrogens with one attached hydrogen (secondary N) is 1. The molecule has 25 heavy (non-hydrogen) atoms. The molecule has 0 unspecified atom stereocenters. The third-order valence-corrected chi connectivity index (χ3v) is 3.73. The Hall–Kier alpha value is -2.95. The van der Waals surface area contributed by atoms with Gasteiger partial charge in [-0.1, -0.05) is 30.3 Å². The zero-order valence-electron chi connectivity index (χ0n) is 14.3. The quantitative estimate of drug-likeness (QED) is 0.477. The highest BCUT2D eigenvalue weighted by atomic mass is 16.5. The second-order valence-electron chi connectivity index (χ2n) is 5.62. The Morgan fingerprint density at radius 3 is 2.20 bits per heavy atom. The highest BCUT2D eigenvalue weighted by molar-refractivity contribution is 6.05. The number of carbonyl (C=O) groups is 3. The van der Waals surface area contributed by atoms with Crippen LogP contribution in [0.1, 0.15) is 29.8 Å². The molecule has 130 valence electrons. The van der Waals surface area contributed by atoms with Crippen molar-refractivity contribution in [3.63, 3.8) is 0 Å². The molecule has 1 amide bonds. The van der Waals surface area contributed by atoms with Gasteiger partial charge in [-0.15, -0.1) is 0 Å². The molecule has 1 N–H and O–H groups in total. The second-order valence-corrected chi connectivity index (χ2v) is 5.62. The van der Waals surface area contributed by atoms with E-state index >= 15 is 0 Å². The third kappa shape index (κ3) is 5.28. The number of ketones is 1. The summed E-state index contributed by atoms with van der Waals surface area (Å²) in [5.41, 5.74) is 1.96. The molecule has 0 radical (unpaired) electrons. The molecular weight excluding hydrogens is 318 g/mol. The summed E-state index contributed by atoms with van der Waals surface area (Å²) in [6, 6.07) is 15.9. The highest BCUT2D eigenvalue weighted by Crippen LogP contribution is 2.16. The molecule has 0 aliphatic rings. The van der Waals surface area contributed by atoms with Crippen LogP contribution in [0.5, 0.6) is 0 Å². The molecule has 0 saturated carbocycles. The van der Waals surface area contributed by atoms with Crippen LogP contribution >= 0.6 is 0 Å². The average Bonchev–Trinajstić information content (AvgIpc) is 2.61. The summed E-state index contributed by atoms with van der Waals surface area (Å²) < 4.78 is 5.04. The lowest BCUT2D eigenvalue weighted by molar-refractivity contribution is -0.150. The van der Waals surface area contributed by atoms with E-state index in [-0.39, 0.29) is 18.8 Å². The van der Waals surface area contributed by atoms with Crippen LogP contribution in [-0.2, 0) is 20.7 Å². The first-order valence-electron chi connectivity index (χ1n) is 8.13. The molecule has 0 spiro atoms. The Labute approximate surface area is 147 Å². The number of hydrogen-bond acceptors (Lipinski definition) is 4. The highest BCUT2D eigenvalue weighted by Gasteiger charge is 2.28. The third-order valence-electron chi connectivity index (χ3n) is 3.73. The van der Waals surface area contributed by atoms with Crippen LogP contribution < -0.4 is 5.32 Å². The fourth-order valence-electron chi connectivity index (χ4n) is 2.39. The molecule has 5 heteroatoms. The SMILES string of the molecule is CCOC(=O)[C@H](Cc1ccccc1)C(=O)Nc1ccc(C(C)=O)cc1. The van der Waals surface area contributed by atoms with E-state index < -0.39 is 17.8 Å². The number of Topliss-reactive ketones (excluding diaryl/α,β-unsaturated/α-hetero) is 1. The Balaban J connectivity index is 2.13. The summed E-state index contributed by atoms with van der Waals surface area (Å²) in [4.78, 5) is 36.1. The maximum absolute atomic E-state index is 12.6. The first kappa shape index (κ1) is 18.4. The molecule has 2 aromatic carbocycles. The molecule has 0 aliphatic carbocycles. The number of amides is 1. The molecule has 0 bridgehead atoms. The van der Waals surface area contributed by atoms with Crippen LogP contribution in [0.25, 0.3) is 0 Å². The van der Waals surface area contributed by atoms with Gasteiger partial charge in [-0.2, -0.15) is 0 Å². The van der Waals surface area contributed by atoms with Crippen molar-refractivity contribution >= 4 is 23.3 Å². The number of hydrogen-bond donors (Lipinski definition) is 1. The van der Waals surface area contributed by atoms with Crippen molar-refractivity contribution in [3.8, 4) is 0 Å². The zero-order valence-corrected chi connectivity index (χ0v) is 14.3. The van der Waals surface area contributed by atoms with Gasteiger partial charge in [-0.05, 0) is 50.1 Å². The average molecular weight is 339 g/mol. The predicted molar refractivity (Wildman–Crippen MR) is 95.3 cm³/mol. The smallest absolute Gasteiger partial charge is 0.318 e. The molecule has 0 heterocycles. The van der Waals surface area contributed by atoms with Crippen molar-refractivity contribution in [1.29, 1.82) is 0 Å². The van der Waals surface area contributed by atoms with Gasteiger partial charge in [-0.3, -0.25) is 14.4 Å². The molecule has 0 aromatic heterocycles. The van der Waals surface area contributed by atoms with Gasteiger partial charge in [0.15, 0.2) is 5.78 Å². The van der Waals surface area contributed by atoms with E-state index in [0.29, 0.717) is 11.3 Å². The fraction of sp³-hybridized carbons (Fsp3) is 0.250. The summed E-state index contributed by atoms with van der Waals surface area (Å²) in [6.45, 7) is 3.39. The molecule has 2 aromatic rings. The summed E-state index contributed by atoms with van der Waals surface area (Å²) >= 11 is 0. The van der Waals surface area contributed by atoms with Gasteiger partial charge in [-0.25, -0.2) is 0 Å². The Morgan fingerprint density at radius 2 is 1.64 bits per heavy atom. The van der Waals surface area contributed by atoms with Crippen molar-refractivity contribution < 1.29 is 19.1 Å². The standard InChI is InChI=1S/C20H21NO4/c1-3-25-20(24)18(13-15-7-5-4-6-8-15)19(23)21-17-11-9-16(10-12-17)14(2)22/h4-12,18H,3,13H2,1-2H3,(H,21,23)/t18-/m1/s1. The number of carbonyl (C=O) groups excluding carboxylic acids is 3. The molecule has 0 saturated heterocycles. The van der Waals surface area contributed by atoms with Gasteiger partial charge in [0.2, 0.25) is 5.91 Å². The van der Waals surface area contributed by atoms with Crippen molar-refractivity contribution in [2.24, 2.45) is 5.92 Å². The van der Waals surface area contributed by atoms with Gasteiger partial charge in [0.25, 0.3) is 0 Å². The van der Waals surface area contributed by atoms with E-state index in [4.69, 9.17) is 4.74 Å². The molecule has 5 nitrogen and oxygen atoms in total. The minimum Gasteiger partial charge on any atom is -0.465 e. The summed E-state index contributed by atoms with van der Waals surface area (Å²) in [6.07, 6.45) is 0.261. The lowest BCUT2D eigenvalue weighted by Crippen LogP contribution is -2.33. The van der Waals surface area contributed by atoms with Crippen molar-refractivity contribution in [3.05, 3.63) is 65.7 Å². The first-order chi connectivity index (χ1) is 12.0. The van der Waals surface area contributed by atoms with Crippen molar-refractivity contribution in [1.82, 2.24) is 0 Å². The van der Waals surface area contributed by atoms with E-state index in [0.717, 1.165) is 5.56 Å². The number of rotatable bonds is 7. The van der Waals surface area contributed by atoms with Gasteiger partial charge in [0.1, 0.15) is 5.92 Å². The summed E-state index contributed by atoms with van der Waals surface area (Å²) in [5.74, 6) is -1.97. The van der Waals surface area contributed by atoms with E-state index in [1.807, 2.05) is 30.3 Å². The molecule has 0 aliphatic heterocycles. The van der Waals surface area contributed by atoms with Gasteiger partial charge in [0.05, 0.1) is 6.61 Å². The van der Waals surface area contributed by atoms with Crippen LogP contribution in [0.4, 0.5) is 5.69 Å². The lowest BCUT2D eigenvalue weighted by atomic mass is 9.98. The zero-order chi connectivity index (χ0) is 18.2. The molecular formula is C20H21NO4. The Bertz CT molecular complexity index is 738. The topological polar surface area (TPSA) is 72.5 Å². The Kier molecular flexibility index (Phi) is 6.46. The second kappa shape index (κ2) is 8.78. The predicted octanol–water partition coefficient (Wildman–Crippen LogP) is 3.25. The minimum absolute atomic E-state index is 0.0497.